The van der Waals surface area contributed by atoms with Crippen molar-refractivity contribution in [3.05, 3.63) is 53.7 Å². The number of anilines is 1. The van der Waals surface area contributed by atoms with Gasteiger partial charge in [0.05, 0.1) is 12.8 Å². The molecule has 0 spiro atoms. The van der Waals surface area contributed by atoms with E-state index in [0.29, 0.717) is 12.1 Å². The van der Waals surface area contributed by atoms with Gasteiger partial charge in [0.2, 0.25) is 0 Å². The van der Waals surface area contributed by atoms with Crippen molar-refractivity contribution in [2.24, 2.45) is 0 Å². The first kappa shape index (κ1) is 16.6. The Morgan fingerprint density at radius 1 is 1.17 bits per heavy atom. The van der Waals surface area contributed by atoms with Crippen LogP contribution in [0.15, 0.2) is 34.9 Å². The predicted octanol–water partition coefficient (Wildman–Crippen LogP) is 1.49. The Kier molecular flexibility index (Phi) is 5.02. The number of rotatable bonds is 4. The van der Waals surface area contributed by atoms with Crippen LogP contribution < -0.4 is 10.6 Å². The molecule has 1 atom stereocenters. The van der Waals surface area contributed by atoms with Crippen LogP contribution in [-0.4, -0.2) is 23.5 Å². The highest BCUT2D eigenvalue weighted by Crippen LogP contribution is 2.20. The van der Waals surface area contributed by atoms with Crippen molar-refractivity contribution in [2.45, 2.75) is 6.10 Å². The number of halogens is 3. The lowest BCUT2D eigenvalue weighted by Crippen LogP contribution is -2.38. The van der Waals surface area contributed by atoms with E-state index in [1.165, 1.54) is 18.4 Å². The van der Waals surface area contributed by atoms with E-state index < -0.39 is 41.1 Å². The Labute approximate surface area is 127 Å². The third-order valence-electron chi connectivity index (χ3n) is 2.78. The van der Waals surface area contributed by atoms with Crippen LogP contribution >= 0.6 is 0 Å². The summed E-state index contributed by atoms with van der Waals surface area (Å²) in [6.07, 6.45) is 0.119. The van der Waals surface area contributed by atoms with Gasteiger partial charge in [-0.1, -0.05) is 0 Å². The van der Waals surface area contributed by atoms with E-state index in [1.807, 2.05) is 0 Å². The summed E-state index contributed by atoms with van der Waals surface area (Å²) in [4.78, 5) is 23.1. The van der Waals surface area contributed by atoms with E-state index >= 15 is 0 Å². The molecule has 2 aromatic rings. The van der Waals surface area contributed by atoms with Crippen LogP contribution in [0.5, 0.6) is 0 Å². The SMILES string of the molecule is O=C(NCC(O)c1ccco1)C(=O)Nc1c(F)cc(F)cc1F. The van der Waals surface area contributed by atoms with Crippen LogP contribution in [-0.2, 0) is 9.59 Å². The predicted molar refractivity (Wildman–Crippen MR) is 71.6 cm³/mol. The number of aliphatic hydroxyl groups excluding tert-OH is 1. The van der Waals surface area contributed by atoms with Gasteiger partial charge in [0.25, 0.3) is 0 Å². The molecule has 1 aromatic carbocycles. The Bertz CT molecular complexity index is 696. The number of carbonyl (C=O) groups is 2. The molecule has 23 heavy (non-hydrogen) atoms. The van der Waals surface area contributed by atoms with Gasteiger partial charge in [-0.3, -0.25) is 9.59 Å². The highest BCUT2D eigenvalue weighted by Gasteiger charge is 2.20. The summed E-state index contributed by atoms with van der Waals surface area (Å²) in [5, 5.41) is 13.4. The van der Waals surface area contributed by atoms with E-state index in [-0.39, 0.29) is 12.3 Å². The average Bonchev–Trinajstić information content (AvgIpc) is 3.02. The van der Waals surface area contributed by atoms with Crippen molar-refractivity contribution in [1.29, 1.82) is 0 Å². The number of benzene rings is 1. The maximum Gasteiger partial charge on any atom is 0.313 e. The largest absolute Gasteiger partial charge is 0.467 e. The second-order valence-corrected chi connectivity index (χ2v) is 4.44. The second kappa shape index (κ2) is 6.97. The van der Waals surface area contributed by atoms with Crippen LogP contribution in [0.4, 0.5) is 18.9 Å². The van der Waals surface area contributed by atoms with Crippen molar-refractivity contribution in [1.82, 2.24) is 5.32 Å². The van der Waals surface area contributed by atoms with Gasteiger partial charge in [0.1, 0.15) is 23.4 Å². The average molecular weight is 328 g/mol. The first-order chi connectivity index (χ1) is 10.9. The highest BCUT2D eigenvalue weighted by atomic mass is 19.1. The van der Waals surface area contributed by atoms with E-state index in [4.69, 9.17) is 4.42 Å². The second-order valence-electron chi connectivity index (χ2n) is 4.44. The summed E-state index contributed by atoms with van der Waals surface area (Å²) in [7, 11) is 0. The molecule has 1 heterocycles. The number of hydrogen-bond acceptors (Lipinski definition) is 4. The fourth-order valence-corrected chi connectivity index (χ4v) is 1.68. The van der Waals surface area contributed by atoms with Crippen LogP contribution in [0.2, 0.25) is 0 Å². The van der Waals surface area contributed by atoms with Crippen molar-refractivity contribution in [3.8, 4) is 0 Å². The Balaban J connectivity index is 1.94. The topological polar surface area (TPSA) is 91.6 Å². The van der Waals surface area contributed by atoms with Gasteiger partial charge < -0.3 is 20.2 Å². The van der Waals surface area contributed by atoms with Gasteiger partial charge >= 0.3 is 11.8 Å². The smallest absolute Gasteiger partial charge is 0.313 e. The Hall–Kier alpha value is -2.81. The molecule has 3 N–H and O–H groups in total. The summed E-state index contributed by atoms with van der Waals surface area (Å²) in [5.74, 6) is -6.33. The molecule has 1 unspecified atom stereocenters. The third kappa shape index (κ3) is 4.10. The molecular formula is C14H11F3N2O4. The fraction of sp³-hybridized carbons (Fsp3) is 0.143. The Morgan fingerprint density at radius 3 is 2.39 bits per heavy atom. The normalized spacial score (nSPS) is 11.8. The molecule has 0 fully saturated rings. The molecule has 122 valence electrons. The van der Waals surface area contributed by atoms with Gasteiger partial charge in [-0.15, -0.1) is 0 Å². The summed E-state index contributed by atoms with van der Waals surface area (Å²) in [5.41, 5.74) is -0.946. The van der Waals surface area contributed by atoms with Crippen molar-refractivity contribution >= 4 is 17.5 Å². The molecule has 1 aromatic heterocycles. The number of aliphatic hydroxyl groups is 1. The zero-order chi connectivity index (χ0) is 17.0. The minimum Gasteiger partial charge on any atom is -0.467 e. The van der Waals surface area contributed by atoms with E-state index in [9.17, 15) is 27.9 Å². The van der Waals surface area contributed by atoms with Crippen molar-refractivity contribution in [2.75, 3.05) is 11.9 Å². The molecule has 0 aliphatic heterocycles. The molecule has 0 bridgehead atoms. The highest BCUT2D eigenvalue weighted by molar-refractivity contribution is 6.39. The van der Waals surface area contributed by atoms with Gasteiger partial charge in [-0.05, 0) is 12.1 Å². The first-order valence-corrected chi connectivity index (χ1v) is 6.33. The summed E-state index contributed by atoms with van der Waals surface area (Å²) in [6, 6.07) is 3.70. The summed E-state index contributed by atoms with van der Waals surface area (Å²) < 4.78 is 44.3. The number of amides is 2. The van der Waals surface area contributed by atoms with Gasteiger partial charge in [-0.25, -0.2) is 13.2 Å². The monoisotopic (exact) mass is 328 g/mol. The molecule has 0 aliphatic rings. The van der Waals surface area contributed by atoms with Crippen LogP contribution in [0.3, 0.4) is 0 Å². The number of hydrogen-bond donors (Lipinski definition) is 3. The molecule has 0 radical (unpaired) electrons. The van der Waals surface area contributed by atoms with Gasteiger partial charge in [0.15, 0.2) is 11.6 Å². The van der Waals surface area contributed by atoms with E-state index in [0.717, 1.165) is 0 Å². The van der Waals surface area contributed by atoms with Crippen LogP contribution in [0, 0.1) is 17.5 Å². The number of carbonyl (C=O) groups excluding carboxylic acids is 2. The van der Waals surface area contributed by atoms with Gasteiger partial charge in [0, 0.05) is 12.1 Å². The molecule has 2 amide bonds. The molecule has 0 saturated carbocycles. The lowest BCUT2D eigenvalue weighted by Gasteiger charge is -2.10. The third-order valence-corrected chi connectivity index (χ3v) is 2.78. The minimum atomic E-state index is -1.37. The Morgan fingerprint density at radius 2 is 1.83 bits per heavy atom. The molecule has 9 heteroatoms. The fourth-order valence-electron chi connectivity index (χ4n) is 1.68. The zero-order valence-electron chi connectivity index (χ0n) is 11.5. The summed E-state index contributed by atoms with van der Waals surface area (Å²) >= 11 is 0. The minimum absolute atomic E-state index is 0.168. The zero-order valence-corrected chi connectivity index (χ0v) is 11.5. The molecule has 0 aliphatic carbocycles. The maximum atomic E-state index is 13.4. The molecule has 6 nitrogen and oxygen atoms in total. The maximum absolute atomic E-state index is 13.4. The van der Waals surface area contributed by atoms with Crippen LogP contribution in [0.25, 0.3) is 0 Å². The van der Waals surface area contributed by atoms with Gasteiger partial charge in [-0.2, -0.15) is 0 Å². The van der Waals surface area contributed by atoms with Crippen LogP contribution in [0.1, 0.15) is 11.9 Å². The summed E-state index contributed by atoms with van der Waals surface area (Å²) in [6.45, 7) is -0.353. The lowest BCUT2D eigenvalue weighted by atomic mass is 10.2. The quantitative estimate of drug-likeness (QED) is 0.742. The number of nitrogens with one attached hydrogen (secondary N) is 2. The lowest BCUT2D eigenvalue weighted by molar-refractivity contribution is -0.136. The molecular weight excluding hydrogens is 317 g/mol. The van der Waals surface area contributed by atoms with Crippen molar-refractivity contribution < 1.29 is 32.3 Å². The van der Waals surface area contributed by atoms with Crippen molar-refractivity contribution in [3.63, 3.8) is 0 Å². The first-order valence-electron chi connectivity index (χ1n) is 6.33. The number of furan rings is 1. The molecule has 2 rings (SSSR count). The van der Waals surface area contributed by atoms with E-state index in [2.05, 4.69) is 5.32 Å². The standard InChI is InChI=1S/C14H11F3N2O4/c15-7-4-8(16)12(9(17)5-7)19-14(22)13(21)18-6-10(20)11-2-1-3-23-11/h1-5,10,20H,6H2,(H,18,21)(H,19,22). The molecule has 0 saturated heterocycles. The van der Waals surface area contributed by atoms with E-state index in [1.54, 1.807) is 5.32 Å².